The van der Waals surface area contributed by atoms with Crippen LogP contribution in [0.25, 0.3) is 0 Å². The average Bonchev–Trinajstić information content (AvgIpc) is 2.77. The van der Waals surface area contributed by atoms with Crippen molar-refractivity contribution in [2.45, 2.75) is 24.2 Å². The Morgan fingerprint density at radius 2 is 2.26 bits per heavy atom. The minimum atomic E-state index is -3.62. The molecular weight excluding hydrogens is 290 g/mol. The third-order valence-electron chi connectivity index (χ3n) is 2.58. The van der Waals surface area contributed by atoms with Crippen LogP contribution in [0.3, 0.4) is 0 Å². The number of rotatable bonds is 3. The number of nitrogens with one attached hydrogen (secondary N) is 2. The highest BCUT2D eigenvalue weighted by molar-refractivity contribution is 7.91. The number of piperazine rings is 1. The molecule has 1 aromatic heterocycles. The van der Waals surface area contributed by atoms with E-state index in [0.29, 0.717) is 19.6 Å². The Morgan fingerprint density at radius 1 is 1.53 bits per heavy atom. The van der Waals surface area contributed by atoms with Crippen LogP contribution >= 0.6 is 11.3 Å². The molecule has 0 unspecified atom stereocenters. The topological polar surface area (TPSA) is 104 Å². The SMILES string of the molecule is CC(=O)Nc1nnc(S(=O)(=O)N2CCN[C@@H](C)C2)s1. The van der Waals surface area contributed by atoms with Crippen LogP contribution in [0.1, 0.15) is 13.8 Å². The molecular formula is C9H15N5O3S2. The number of carbonyl (C=O) groups is 1. The zero-order valence-corrected chi connectivity index (χ0v) is 12.2. The quantitative estimate of drug-likeness (QED) is 0.728. The molecule has 1 saturated heterocycles. The second-order valence-electron chi connectivity index (χ2n) is 4.27. The smallest absolute Gasteiger partial charge is 0.272 e. The van der Waals surface area contributed by atoms with Crippen molar-refractivity contribution in [2.24, 2.45) is 0 Å². The van der Waals surface area contributed by atoms with Crippen molar-refractivity contribution in [3.63, 3.8) is 0 Å². The highest BCUT2D eigenvalue weighted by atomic mass is 32.2. The van der Waals surface area contributed by atoms with Gasteiger partial charge in [-0.05, 0) is 6.92 Å². The molecule has 1 aliphatic rings. The summed E-state index contributed by atoms with van der Waals surface area (Å²) < 4.78 is 25.9. The minimum Gasteiger partial charge on any atom is -0.312 e. The fraction of sp³-hybridized carbons (Fsp3) is 0.667. The third kappa shape index (κ3) is 3.26. The molecule has 2 rings (SSSR count). The van der Waals surface area contributed by atoms with E-state index in [9.17, 15) is 13.2 Å². The maximum Gasteiger partial charge on any atom is 0.272 e. The second kappa shape index (κ2) is 5.49. The zero-order valence-electron chi connectivity index (χ0n) is 10.6. The molecule has 2 heterocycles. The molecule has 0 aliphatic carbocycles. The first-order valence-electron chi connectivity index (χ1n) is 5.74. The third-order valence-corrected chi connectivity index (χ3v) is 5.63. The summed E-state index contributed by atoms with van der Waals surface area (Å²) in [6.07, 6.45) is 0. The van der Waals surface area contributed by atoms with Gasteiger partial charge in [-0.2, -0.15) is 4.31 Å². The highest BCUT2D eigenvalue weighted by Crippen LogP contribution is 2.23. The lowest BCUT2D eigenvalue weighted by Crippen LogP contribution is -2.51. The fourth-order valence-corrected chi connectivity index (χ4v) is 4.35. The maximum absolute atomic E-state index is 12.3. The molecule has 10 heteroatoms. The van der Waals surface area contributed by atoms with Crippen molar-refractivity contribution in [1.82, 2.24) is 19.8 Å². The van der Waals surface area contributed by atoms with Crippen LogP contribution < -0.4 is 10.6 Å². The van der Waals surface area contributed by atoms with Crippen molar-refractivity contribution in [2.75, 3.05) is 25.0 Å². The molecule has 0 saturated carbocycles. The van der Waals surface area contributed by atoms with E-state index in [0.717, 1.165) is 11.3 Å². The predicted molar refractivity (Wildman–Crippen MR) is 70.4 cm³/mol. The first-order chi connectivity index (χ1) is 8.89. The van der Waals surface area contributed by atoms with E-state index < -0.39 is 10.0 Å². The monoisotopic (exact) mass is 305 g/mol. The van der Waals surface area contributed by atoms with Gasteiger partial charge >= 0.3 is 0 Å². The number of sulfonamides is 1. The van der Waals surface area contributed by atoms with E-state index in [1.54, 1.807) is 0 Å². The Labute approximate surface area is 115 Å². The van der Waals surface area contributed by atoms with Crippen molar-refractivity contribution < 1.29 is 13.2 Å². The van der Waals surface area contributed by atoms with Gasteiger partial charge in [0, 0.05) is 32.6 Å². The van der Waals surface area contributed by atoms with E-state index in [1.165, 1.54) is 11.2 Å². The summed E-state index contributed by atoms with van der Waals surface area (Å²) in [4.78, 5) is 10.9. The predicted octanol–water partition coefficient (Wildman–Crippen LogP) is -0.521. The van der Waals surface area contributed by atoms with Crippen molar-refractivity contribution in [3.8, 4) is 0 Å². The van der Waals surface area contributed by atoms with E-state index in [2.05, 4.69) is 20.8 Å². The Hall–Kier alpha value is -1.10. The Bertz CT molecular complexity index is 570. The van der Waals surface area contributed by atoms with E-state index >= 15 is 0 Å². The van der Waals surface area contributed by atoms with Crippen LogP contribution in [0.4, 0.5) is 5.13 Å². The Morgan fingerprint density at radius 3 is 2.89 bits per heavy atom. The standard InChI is InChI=1S/C9H15N5O3S2/c1-6-5-14(4-3-10-6)19(16,17)9-13-12-8(18-9)11-7(2)15/h6,10H,3-5H2,1-2H3,(H,11,12,15)/t6-/m0/s1. The molecule has 0 radical (unpaired) electrons. The van der Waals surface area contributed by atoms with E-state index in [4.69, 9.17) is 0 Å². The van der Waals surface area contributed by atoms with Gasteiger partial charge in [0.15, 0.2) is 0 Å². The van der Waals surface area contributed by atoms with Gasteiger partial charge in [-0.25, -0.2) is 8.42 Å². The molecule has 0 aromatic carbocycles. The van der Waals surface area contributed by atoms with Crippen LogP contribution in [0.15, 0.2) is 4.34 Å². The average molecular weight is 305 g/mol. The largest absolute Gasteiger partial charge is 0.312 e. The van der Waals surface area contributed by atoms with E-state index in [1.807, 2.05) is 6.92 Å². The van der Waals surface area contributed by atoms with Crippen LogP contribution in [0.2, 0.25) is 0 Å². The summed E-state index contributed by atoms with van der Waals surface area (Å²) in [5.41, 5.74) is 0. The first-order valence-corrected chi connectivity index (χ1v) is 8.00. The molecule has 106 valence electrons. The number of amides is 1. The van der Waals surface area contributed by atoms with Crippen LogP contribution in [0, 0.1) is 0 Å². The maximum atomic E-state index is 12.3. The number of anilines is 1. The molecule has 8 nitrogen and oxygen atoms in total. The minimum absolute atomic E-state index is 0.0923. The molecule has 19 heavy (non-hydrogen) atoms. The van der Waals surface area contributed by atoms with Gasteiger partial charge in [-0.15, -0.1) is 10.2 Å². The lowest BCUT2D eigenvalue weighted by molar-refractivity contribution is -0.114. The van der Waals surface area contributed by atoms with Crippen LogP contribution in [-0.4, -0.2) is 54.5 Å². The summed E-state index contributed by atoms with van der Waals surface area (Å²) in [6, 6.07) is 0.103. The van der Waals surface area contributed by atoms with Gasteiger partial charge in [0.05, 0.1) is 0 Å². The van der Waals surface area contributed by atoms with Crippen molar-refractivity contribution in [1.29, 1.82) is 0 Å². The van der Waals surface area contributed by atoms with Crippen molar-refractivity contribution in [3.05, 3.63) is 0 Å². The lowest BCUT2D eigenvalue weighted by Gasteiger charge is -2.29. The molecule has 1 fully saturated rings. The molecule has 1 aromatic rings. The van der Waals surface area contributed by atoms with Gasteiger partial charge in [0.1, 0.15) is 0 Å². The molecule has 0 bridgehead atoms. The summed E-state index contributed by atoms with van der Waals surface area (Å²) in [5.74, 6) is -0.309. The van der Waals surface area contributed by atoms with Gasteiger partial charge < -0.3 is 10.6 Å². The fourth-order valence-electron chi connectivity index (χ4n) is 1.74. The summed E-state index contributed by atoms with van der Waals surface area (Å²) in [6.45, 7) is 4.66. The summed E-state index contributed by atoms with van der Waals surface area (Å²) >= 11 is 0.859. The summed E-state index contributed by atoms with van der Waals surface area (Å²) in [5, 5.41) is 13.1. The molecule has 1 aliphatic heterocycles. The molecule has 0 spiro atoms. The van der Waals surface area contributed by atoms with Gasteiger partial charge in [-0.3, -0.25) is 4.79 Å². The molecule has 2 N–H and O–H groups in total. The van der Waals surface area contributed by atoms with Gasteiger partial charge in [-0.1, -0.05) is 11.3 Å². The number of nitrogens with zero attached hydrogens (tertiary/aromatic N) is 3. The van der Waals surface area contributed by atoms with Crippen molar-refractivity contribution >= 4 is 32.4 Å². The Kier molecular flexibility index (Phi) is 4.13. The van der Waals surface area contributed by atoms with Gasteiger partial charge in [0.25, 0.3) is 10.0 Å². The molecule has 1 atom stereocenters. The lowest BCUT2D eigenvalue weighted by atomic mass is 10.3. The number of hydrogen-bond acceptors (Lipinski definition) is 7. The number of carbonyl (C=O) groups excluding carboxylic acids is 1. The highest BCUT2D eigenvalue weighted by Gasteiger charge is 2.31. The summed E-state index contributed by atoms with van der Waals surface area (Å²) in [7, 11) is -3.62. The van der Waals surface area contributed by atoms with Crippen LogP contribution in [0.5, 0.6) is 0 Å². The zero-order chi connectivity index (χ0) is 14.0. The van der Waals surface area contributed by atoms with E-state index in [-0.39, 0.29) is 21.4 Å². The van der Waals surface area contributed by atoms with Crippen LogP contribution in [-0.2, 0) is 14.8 Å². The van der Waals surface area contributed by atoms with Gasteiger partial charge in [0.2, 0.25) is 15.4 Å². The second-order valence-corrected chi connectivity index (χ2v) is 7.36. The normalized spacial score (nSPS) is 21.3. The number of aromatic nitrogens is 2. The Balaban J connectivity index is 2.19. The molecule has 1 amide bonds. The number of hydrogen-bond donors (Lipinski definition) is 2. The first kappa shape index (κ1) is 14.3.